The standard InChI is InChI=1S/C15H32N2O2/c1-14(2,3)16-11-15(7-6-9-19-13-15)12-17(4)8-10-18-5/h16H,6-13H2,1-5H3. The van der Waals surface area contributed by atoms with E-state index in [-0.39, 0.29) is 11.0 Å². The van der Waals surface area contributed by atoms with Gasteiger partial charge in [-0.05, 0) is 40.7 Å². The molecule has 0 aromatic heterocycles. The van der Waals surface area contributed by atoms with E-state index in [0.29, 0.717) is 0 Å². The lowest BCUT2D eigenvalue weighted by Gasteiger charge is -2.41. The van der Waals surface area contributed by atoms with Crippen LogP contribution in [0.25, 0.3) is 0 Å². The zero-order valence-electron chi connectivity index (χ0n) is 13.4. The Morgan fingerprint density at radius 1 is 1.37 bits per heavy atom. The SMILES string of the molecule is COCCN(C)CC1(CNC(C)(C)C)CCCOC1. The Morgan fingerprint density at radius 3 is 2.63 bits per heavy atom. The van der Waals surface area contributed by atoms with Gasteiger partial charge in [0.25, 0.3) is 0 Å². The molecular weight excluding hydrogens is 240 g/mol. The molecule has 1 aliphatic heterocycles. The number of nitrogens with one attached hydrogen (secondary N) is 1. The highest BCUT2D eigenvalue weighted by molar-refractivity contribution is 4.89. The maximum Gasteiger partial charge on any atom is 0.0589 e. The van der Waals surface area contributed by atoms with Crippen LogP contribution in [0.4, 0.5) is 0 Å². The molecule has 114 valence electrons. The van der Waals surface area contributed by atoms with Crippen LogP contribution in [0.15, 0.2) is 0 Å². The van der Waals surface area contributed by atoms with Gasteiger partial charge in [-0.3, -0.25) is 0 Å². The van der Waals surface area contributed by atoms with E-state index in [1.807, 2.05) is 0 Å². The van der Waals surface area contributed by atoms with Crippen molar-refractivity contribution in [3.05, 3.63) is 0 Å². The zero-order valence-corrected chi connectivity index (χ0v) is 13.4. The molecule has 0 aromatic rings. The summed E-state index contributed by atoms with van der Waals surface area (Å²) in [7, 11) is 3.93. The minimum atomic E-state index is 0.162. The first kappa shape index (κ1) is 16.9. The Kier molecular flexibility index (Phi) is 6.74. The fourth-order valence-corrected chi connectivity index (χ4v) is 2.58. The van der Waals surface area contributed by atoms with E-state index in [2.05, 4.69) is 38.0 Å². The molecule has 0 spiro atoms. The van der Waals surface area contributed by atoms with Crippen molar-refractivity contribution in [2.45, 2.75) is 39.2 Å². The number of hydrogen-bond donors (Lipinski definition) is 1. The first-order valence-corrected chi connectivity index (χ1v) is 7.37. The fourth-order valence-electron chi connectivity index (χ4n) is 2.58. The van der Waals surface area contributed by atoms with Gasteiger partial charge in [-0.25, -0.2) is 0 Å². The molecule has 19 heavy (non-hydrogen) atoms. The van der Waals surface area contributed by atoms with E-state index in [9.17, 15) is 0 Å². The Balaban J connectivity index is 2.54. The van der Waals surface area contributed by atoms with Crippen LogP contribution < -0.4 is 5.32 Å². The van der Waals surface area contributed by atoms with Gasteiger partial charge in [0.2, 0.25) is 0 Å². The van der Waals surface area contributed by atoms with Gasteiger partial charge in [-0.1, -0.05) is 0 Å². The maximum absolute atomic E-state index is 5.76. The first-order valence-electron chi connectivity index (χ1n) is 7.37. The largest absolute Gasteiger partial charge is 0.383 e. The number of methoxy groups -OCH3 is 1. The van der Waals surface area contributed by atoms with Gasteiger partial charge >= 0.3 is 0 Å². The van der Waals surface area contributed by atoms with Crippen LogP contribution in [0.1, 0.15) is 33.6 Å². The van der Waals surface area contributed by atoms with E-state index in [1.165, 1.54) is 12.8 Å². The van der Waals surface area contributed by atoms with Gasteiger partial charge in [0, 0.05) is 44.3 Å². The fraction of sp³-hybridized carbons (Fsp3) is 1.00. The molecule has 0 aromatic carbocycles. The highest BCUT2D eigenvalue weighted by atomic mass is 16.5. The van der Waals surface area contributed by atoms with Crippen LogP contribution in [0.5, 0.6) is 0 Å². The van der Waals surface area contributed by atoms with Crippen molar-refractivity contribution < 1.29 is 9.47 Å². The van der Waals surface area contributed by atoms with E-state index in [1.54, 1.807) is 7.11 Å². The summed E-state index contributed by atoms with van der Waals surface area (Å²) in [5.74, 6) is 0. The van der Waals surface area contributed by atoms with Gasteiger partial charge in [0.1, 0.15) is 0 Å². The summed E-state index contributed by atoms with van der Waals surface area (Å²) >= 11 is 0. The molecule has 1 aliphatic rings. The van der Waals surface area contributed by atoms with E-state index in [4.69, 9.17) is 9.47 Å². The average Bonchev–Trinajstić information content (AvgIpc) is 2.34. The molecule has 0 bridgehead atoms. The number of nitrogens with zero attached hydrogens (tertiary/aromatic N) is 1. The first-order chi connectivity index (χ1) is 8.87. The van der Waals surface area contributed by atoms with Gasteiger partial charge in [-0.2, -0.15) is 0 Å². The van der Waals surface area contributed by atoms with Crippen molar-refractivity contribution in [2.24, 2.45) is 5.41 Å². The summed E-state index contributed by atoms with van der Waals surface area (Å²) in [5.41, 5.74) is 0.406. The average molecular weight is 272 g/mol. The van der Waals surface area contributed by atoms with Crippen molar-refractivity contribution in [3.8, 4) is 0 Å². The molecule has 1 rings (SSSR count). The summed E-state index contributed by atoms with van der Waals surface area (Å²) in [4.78, 5) is 2.36. The molecule has 1 saturated heterocycles. The molecule has 1 atom stereocenters. The van der Waals surface area contributed by atoms with E-state index < -0.39 is 0 Å². The Hall–Kier alpha value is -0.160. The smallest absolute Gasteiger partial charge is 0.0589 e. The number of ether oxygens (including phenoxy) is 2. The minimum absolute atomic E-state index is 0.162. The molecule has 1 heterocycles. The Morgan fingerprint density at radius 2 is 2.11 bits per heavy atom. The van der Waals surface area contributed by atoms with Crippen LogP contribution in [0.3, 0.4) is 0 Å². The third-order valence-corrected chi connectivity index (χ3v) is 3.68. The number of likely N-dealkylation sites (N-methyl/N-ethyl adjacent to an activating group) is 1. The lowest BCUT2D eigenvalue weighted by Crippen LogP contribution is -2.52. The lowest BCUT2D eigenvalue weighted by atomic mass is 9.81. The summed E-state index contributed by atoms with van der Waals surface area (Å²) in [6.45, 7) is 12.3. The molecule has 0 saturated carbocycles. The zero-order chi connectivity index (χ0) is 14.4. The third-order valence-electron chi connectivity index (χ3n) is 3.68. The summed E-state index contributed by atoms with van der Waals surface area (Å²) < 4.78 is 10.9. The minimum Gasteiger partial charge on any atom is -0.383 e. The number of rotatable bonds is 7. The van der Waals surface area contributed by atoms with Gasteiger partial charge in [-0.15, -0.1) is 0 Å². The van der Waals surface area contributed by atoms with Gasteiger partial charge in [0.15, 0.2) is 0 Å². The van der Waals surface area contributed by atoms with Crippen molar-refractivity contribution in [2.75, 3.05) is 53.6 Å². The number of hydrogen-bond acceptors (Lipinski definition) is 4. The van der Waals surface area contributed by atoms with Crippen LogP contribution in [-0.4, -0.2) is 64.1 Å². The van der Waals surface area contributed by atoms with Gasteiger partial charge in [0.05, 0.1) is 13.2 Å². The normalized spacial score (nSPS) is 24.9. The lowest BCUT2D eigenvalue weighted by molar-refractivity contribution is -0.0274. The summed E-state index contributed by atoms with van der Waals surface area (Å²) in [5, 5.41) is 3.66. The van der Waals surface area contributed by atoms with Crippen LogP contribution >= 0.6 is 0 Å². The predicted octanol–water partition coefficient (Wildman–Crippen LogP) is 1.75. The van der Waals surface area contributed by atoms with Gasteiger partial charge < -0.3 is 19.7 Å². The second-order valence-corrected chi connectivity index (χ2v) is 6.99. The van der Waals surface area contributed by atoms with E-state index >= 15 is 0 Å². The van der Waals surface area contributed by atoms with Crippen molar-refractivity contribution >= 4 is 0 Å². The van der Waals surface area contributed by atoms with Crippen molar-refractivity contribution in [3.63, 3.8) is 0 Å². The molecule has 4 heteroatoms. The highest BCUT2D eigenvalue weighted by Gasteiger charge is 2.34. The topological polar surface area (TPSA) is 33.7 Å². The van der Waals surface area contributed by atoms with Crippen LogP contribution in [-0.2, 0) is 9.47 Å². The quantitative estimate of drug-likeness (QED) is 0.765. The van der Waals surface area contributed by atoms with Crippen LogP contribution in [0, 0.1) is 5.41 Å². The highest BCUT2D eigenvalue weighted by Crippen LogP contribution is 2.29. The molecule has 1 fully saturated rings. The second-order valence-electron chi connectivity index (χ2n) is 6.99. The summed E-state index contributed by atoms with van der Waals surface area (Å²) in [6, 6.07) is 0. The molecule has 1 N–H and O–H groups in total. The molecule has 0 aliphatic carbocycles. The van der Waals surface area contributed by atoms with E-state index in [0.717, 1.165) is 39.5 Å². The summed E-state index contributed by atoms with van der Waals surface area (Å²) in [6.07, 6.45) is 2.41. The molecule has 0 radical (unpaired) electrons. The maximum atomic E-state index is 5.76. The Bertz CT molecular complexity index is 245. The molecule has 4 nitrogen and oxygen atoms in total. The second kappa shape index (κ2) is 7.58. The monoisotopic (exact) mass is 272 g/mol. The van der Waals surface area contributed by atoms with Crippen molar-refractivity contribution in [1.82, 2.24) is 10.2 Å². The Labute approximate surface area is 118 Å². The van der Waals surface area contributed by atoms with Crippen LogP contribution in [0.2, 0.25) is 0 Å². The molecule has 0 amide bonds. The molecular formula is C15H32N2O2. The van der Waals surface area contributed by atoms with Crippen molar-refractivity contribution in [1.29, 1.82) is 0 Å². The predicted molar refractivity (Wildman–Crippen MR) is 79.6 cm³/mol. The third kappa shape index (κ3) is 6.70. The molecule has 1 unspecified atom stereocenters.